The molecule has 0 saturated carbocycles. The van der Waals surface area contributed by atoms with Crippen molar-refractivity contribution in [1.29, 1.82) is 0 Å². The summed E-state index contributed by atoms with van der Waals surface area (Å²) < 4.78 is 5.69. The maximum Gasteiger partial charge on any atom is 0.0814 e. The minimum atomic E-state index is -0.133. The van der Waals surface area contributed by atoms with Gasteiger partial charge in [0.1, 0.15) is 0 Å². The molecule has 4 bridgehead atoms. The van der Waals surface area contributed by atoms with Crippen LogP contribution in [0, 0.1) is 0 Å². The maximum atomic E-state index is 2.84. The Morgan fingerprint density at radius 1 is 0.810 bits per heavy atom. The predicted molar refractivity (Wildman–Crippen MR) is 91.2 cm³/mol. The monoisotopic (exact) mass is 329 g/mol. The van der Waals surface area contributed by atoms with E-state index >= 15 is 0 Å². The summed E-state index contributed by atoms with van der Waals surface area (Å²) in [7, 11) is 0.00164. The Kier molecular flexibility index (Phi) is 4.08. The summed E-state index contributed by atoms with van der Waals surface area (Å²) in [4.78, 5) is 8.14. The fourth-order valence-corrected chi connectivity index (χ4v) is 11.9. The molecule has 5 rings (SSSR count). The van der Waals surface area contributed by atoms with Crippen molar-refractivity contribution in [2.24, 2.45) is 0 Å². The molecule has 0 aromatic carbocycles. The lowest BCUT2D eigenvalue weighted by atomic mass is 10.3. The highest BCUT2D eigenvalue weighted by molar-refractivity contribution is 7.73. The summed E-state index contributed by atoms with van der Waals surface area (Å²) in [6.07, 6.45) is 2.79. The van der Waals surface area contributed by atoms with Crippen molar-refractivity contribution in [2.75, 3.05) is 45.7 Å². The third-order valence-electron chi connectivity index (χ3n) is 5.06. The van der Waals surface area contributed by atoms with Crippen LogP contribution in [0.25, 0.3) is 0 Å². The highest BCUT2D eigenvalue weighted by Crippen LogP contribution is 2.69. The molecule has 0 radical (unpaired) electrons. The Bertz CT molecular complexity index is 361. The normalized spacial score (nSPS) is 44.6. The first-order chi connectivity index (χ1) is 10.0. The summed E-state index contributed by atoms with van der Waals surface area (Å²) in [5.41, 5.74) is 0.857. The molecule has 5 heterocycles. The number of nitrogens with zero attached hydrogens (tertiary/aromatic N) is 5. The van der Waals surface area contributed by atoms with Crippen molar-refractivity contribution in [2.45, 2.75) is 45.3 Å². The second-order valence-electron chi connectivity index (χ2n) is 7.41. The number of hydrogen-bond donors (Lipinski definition) is 0. The molecule has 120 valence electrons. The zero-order valence-corrected chi connectivity index (χ0v) is 15.6. The fourth-order valence-electron chi connectivity index (χ4n) is 4.30. The van der Waals surface area contributed by atoms with Gasteiger partial charge in [-0.2, -0.15) is 0 Å². The van der Waals surface area contributed by atoms with E-state index in [0.717, 1.165) is 5.52 Å². The molecule has 3 atom stereocenters. The van der Waals surface area contributed by atoms with Crippen molar-refractivity contribution in [3.63, 3.8) is 0 Å². The zero-order chi connectivity index (χ0) is 14.7. The molecule has 7 heteroatoms. The Hall–Kier alpha value is 0.660. The molecular formula is C14H29N5P2. The topological polar surface area (TPSA) is 16.2 Å². The van der Waals surface area contributed by atoms with Gasteiger partial charge in [-0.15, -0.1) is 0 Å². The van der Waals surface area contributed by atoms with Crippen LogP contribution in [-0.4, -0.2) is 87.3 Å². The second kappa shape index (κ2) is 5.63. The summed E-state index contributed by atoms with van der Waals surface area (Å²) in [6, 6.07) is 1.38. The van der Waals surface area contributed by atoms with E-state index in [-0.39, 0.29) is 16.1 Å². The maximum absolute atomic E-state index is 2.84. The average Bonchev–Trinajstić information content (AvgIpc) is 2.82. The molecule has 0 aromatic rings. The van der Waals surface area contributed by atoms with Crippen LogP contribution >= 0.6 is 16.1 Å². The van der Waals surface area contributed by atoms with Gasteiger partial charge in [0.25, 0.3) is 0 Å². The lowest BCUT2D eigenvalue weighted by Gasteiger charge is -2.61. The Morgan fingerprint density at radius 2 is 1.33 bits per heavy atom. The molecular weight excluding hydrogens is 300 g/mol. The predicted octanol–water partition coefficient (Wildman–Crippen LogP) is 2.23. The van der Waals surface area contributed by atoms with E-state index in [2.05, 4.69) is 51.7 Å². The summed E-state index contributed by atoms with van der Waals surface area (Å²) >= 11 is 0. The van der Waals surface area contributed by atoms with Crippen LogP contribution in [0.4, 0.5) is 0 Å². The molecule has 5 saturated heterocycles. The van der Waals surface area contributed by atoms with E-state index in [1.54, 1.807) is 0 Å². The lowest BCUT2D eigenvalue weighted by molar-refractivity contribution is -0.0334. The smallest absolute Gasteiger partial charge is 0.0814 e. The molecule has 3 unspecified atom stereocenters. The molecule has 0 N–H and O–H groups in total. The molecule has 5 aliphatic heterocycles. The van der Waals surface area contributed by atoms with Crippen LogP contribution in [-0.2, 0) is 0 Å². The third-order valence-corrected chi connectivity index (χ3v) is 12.3. The van der Waals surface area contributed by atoms with Crippen molar-refractivity contribution >= 4 is 16.1 Å². The van der Waals surface area contributed by atoms with Crippen molar-refractivity contribution in [3.05, 3.63) is 0 Å². The van der Waals surface area contributed by atoms with E-state index < -0.39 is 0 Å². The molecule has 0 amide bonds. The first-order valence-corrected chi connectivity index (χ1v) is 11.4. The Labute approximate surface area is 131 Å². The van der Waals surface area contributed by atoms with Crippen LogP contribution in [0.5, 0.6) is 0 Å². The van der Waals surface area contributed by atoms with Crippen LogP contribution in [0.3, 0.4) is 0 Å². The van der Waals surface area contributed by atoms with E-state index in [1.165, 1.54) is 45.7 Å². The first kappa shape index (κ1) is 15.2. The van der Waals surface area contributed by atoms with Gasteiger partial charge >= 0.3 is 0 Å². The van der Waals surface area contributed by atoms with Gasteiger partial charge in [0.15, 0.2) is 0 Å². The molecule has 5 nitrogen and oxygen atoms in total. The van der Waals surface area contributed by atoms with Gasteiger partial charge in [0.2, 0.25) is 0 Å². The molecule has 21 heavy (non-hydrogen) atoms. The molecule has 0 aromatic heterocycles. The highest BCUT2D eigenvalue weighted by Gasteiger charge is 2.52. The van der Waals surface area contributed by atoms with Crippen molar-refractivity contribution < 1.29 is 0 Å². The SMILES string of the molecule is CC(C)N1CCN(C(C)C)P1C1N2CN3CN(C2)CP1C3. The van der Waals surface area contributed by atoms with E-state index in [0.29, 0.717) is 12.1 Å². The fraction of sp³-hybridized carbons (Fsp3) is 1.00. The standard InChI is InChI=1S/C14H29N5P2/c1-12(2)18-5-6-19(13(3)4)21(18)14-17-8-15-7-16(9-17)11-20(14)10-15/h12-14H,5-11H2,1-4H3. The molecule has 0 aliphatic carbocycles. The molecule has 5 aliphatic rings. The quantitative estimate of drug-likeness (QED) is 0.736. The van der Waals surface area contributed by atoms with E-state index in [9.17, 15) is 0 Å². The highest BCUT2D eigenvalue weighted by atomic mass is 31.2. The minimum Gasteiger partial charge on any atom is -0.273 e. The lowest BCUT2D eigenvalue weighted by Crippen LogP contribution is -2.65. The van der Waals surface area contributed by atoms with Gasteiger partial charge in [0, 0.05) is 37.7 Å². The average molecular weight is 329 g/mol. The first-order valence-electron chi connectivity index (χ1n) is 8.30. The summed E-state index contributed by atoms with van der Waals surface area (Å²) in [5.74, 6) is 0. The van der Waals surface area contributed by atoms with E-state index in [1.807, 2.05) is 0 Å². The number of hydrogen-bond acceptors (Lipinski definition) is 5. The van der Waals surface area contributed by atoms with Gasteiger partial charge in [-0.05, 0) is 27.7 Å². The van der Waals surface area contributed by atoms with Gasteiger partial charge in [-0.25, -0.2) is 0 Å². The zero-order valence-electron chi connectivity index (χ0n) is 13.8. The van der Waals surface area contributed by atoms with Gasteiger partial charge in [-0.3, -0.25) is 24.0 Å². The molecule has 0 spiro atoms. The van der Waals surface area contributed by atoms with Crippen molar-refractivity contribution in [3.8, 4) is 0 Å². The van der Waals surface area contributed by atoms with E-state index in [4.69, 9.17) is 0 Å². The van der Waals surface area contributed by atoms with Crippen LogP contribution < -0.4 is 0 Å². The molecule has 5 fully saturated rings. The summed E-state index contributed by atoms with van der Waals surface area (Å²) in [6.45, 7) is 15.8. The van der Waals surface area contributed by atoms with Crippen LogP contribution in [0.1, 0.15) is 27.7 Å². The largest absolute Gasteiger partial charge is 0.273 e. The van der Waals surface area contributed by atoms with Gasteiger partial charge < -0.3 is 0 Å². The van der Waals surface area contributed by atoms with Crippen LogP contribution in [0.2, 0.25) is 0 Å². The third kappa shape index (κ3) is 2.50. The van der Waals surface area contributed by atoms with Crippen molar-refractivity contribution in [1.82, 2.24) is 24.0 Å². The van der Waals surface area contributed by atoms with Crippen LogP contribution in [0.15, 0.2) is 0 Å². The number of rotatable bonds is 3. The summed E-state index contributed by atoms with van der Waals surface area (Å²) in [5, 5.41) is 0. The van der Waals surface area contributed by atoms with Gasteiger partial charge in [0.05, 0.1) is 33.8 Å². The Balaban J connectivity index is 1.62. The van der Waals surface area contributed by atoms with Gasteiger partial charge in [-0.1, -0.05) is 7.92 Å². The Morgan fingerprint density at radius 3 is 1.76 bits per heavy atom. The second-order valence-corrected chi connectivity index (χ2v) is 12.2. The minimum absolute atomic E-state index is 0.133.